The molecule has 0 aromatic carbocycles. The van der Waals surface area contributed by atoms with Crippen molar-refractivity contribution < 1.29 is 0 Å². The van der Waals surface area contributed by atoms with Crippen LogP contribution in [0, 0.1) is 0 Å². The van der Waals surface area contributed by atoms with Crippen molar-refractivity contribution in [1.29, 1.82) is 0 Å². The first-order valence-corrected chi connectivity index (χ1v) is 5.18. The van der Waals surface area contributed by atoms with Crippen LogP contribution in [0.25, 0.3) is 0 Å². The summed E-state index contributed by atoms with van der Waals surface area (Å²) in [4.78, 5) is 4.32. The van der Waals surface area contributed by atoms with Crippen molar-refractivity contribution >= 4 is 0 Å². The molecule has 1 aliphatic rings. The number of nitrogens with one attached hydrogen (secondary N) is 1. The Kier molecular flexibility index (Phi) is 2.79. The molecular formula is C11H17N3. The monoisotopic (exact) mass is 191 g/mol. The maximum atomic E-state index is 5.73. The van der Waals surface area contributed by atoms with Gasteiger partial charge in [-0.25, -0.2) is 0 Å². The lowest BCUT2D eigenvalue weighted by Gasteiger charge is -2.35. The third-order valence-electron chi connectivity index (χ3n) is 2.79. The molecule has 76 valence electrons. The summed E-state index contributed by atoms with van der Waals surface area (Å²) in [5.41, 5.74) is 6.83. The van der Waals surface area contributed by atoms with Gasteiger partial charge in [0.15, 0.2) is 0 Å². The van der Waals surface area contributed by atoms with Gasteiger partial charge in [0.1, 0.15) is 0 Å². The van der Waals surface area contributed by atoms with Gasteiger partial charge in [0.2, 0.25) is 0 Å². The topological polar surface area (TPSA) is 50.9 Å². The average molecular weight is 191 g/mol. The molecule has 0 amide bonds. The van der Waals surface area contributed by atoms with E-state index in [0.29, 0.717) is 18.1 Å². The zero-order valence-electron chi connectivity index (χ0n) is 8.48. The van der Waals surface area contributed by atoms with Crippen LogP contribution in [0.2, 0.25) is 0 Å². The van der Waals surface area contributed by atoms with Gasteiger partial charge in [-0.2, -0.15) is 0 Å². The summed E-state index contributed by atoms with van der Waals surface area (Å²) in [6, 6.07) is 7.33. The van der Waals surface area contributed by atoms with Gasteiger partial charge in [-0.1, -0.05) is 6.07 Å². The minimum Gasteiger partial charge on any atom is -0.328 e. The van der Waals surface area contributed by atoms with Gasteiger partial charge in [-0.05, 0) is 31.9 Å². The van der Waals surface area contributed by atoms with E-state index in [1.807, 2.05) is 18.3 Å². The van der Waals surface area contributed by atoms with Gasteiger partial charge in [0.25, 0.3) is 0 Å². The van der Waals surface area contributed by atoms with Crippen LogP contribution in [0.3, 0.4) is 0 Å². The number of rotatable bonds is 3. The SMILES string of the molecule is C[C@@H](NC1CC(N)C1)c1ccccn1. The number of hydrogen-bond donors (Lipinski definition) is 2. The molecule has 1 atom stereocenters. The lowest BCUT2D eigenvalue weighted by molar-refractivity contribution is 0.271. The maximum absolute atomic E-state index is 5.73. The Bertz CT molecular complexity index is 280. The van der Waals surface area contributed by atoms with Crippen LogP contribution in [-0.2, 0) is 0 Å². The van der Waals surface area contributed by atoms with E-state index in [1.54, 1.807) is 0 Å². The van der Waals surface area contributed by atoms with Crippen molar-refractivity contribution in [3.63, 3.8) is 0 Å². The minimum atomic E-state index is 0.327. The van der Waals surface area contributed by atoms with E-state index in [0.717, 1.165) is 18.5 Å². The highest BCUT2D eigenvalue weighted by atomic mass is 15.0. The molecule has 1 aromatic heterocycles. The molecule has 14 heavy (non-hydrogen) atoms. The Hall–Kier alpha value is -0.930. The molecule has 1 aliphatic carbocycles. The number of aromatic nitrogens is 1. The molecule has 3 N–H and O–H groups in total. The van der Waals surface area contributed by atoms with Crippen molar-refractivity contribution in [2.45, 2.75) is 37.9 Å². The predicted octanol–water partition coefficient (Wildman–Crippen LogP) is 1.22. The summed E-state index contributed by atoms with van der Waals surface area (Å²) in [6.45, 7) is 2.15. The highest BCUT2D eigenvalue weighted by Crippen LogP contribution is 2.21. The van der Waals surface area contributed by atoms with Crippen molar-refractivity contribution in [3.8, 4) is 0 Å². The molecule has 0 aliphatic heterocycles. The molecule has 0 bridgehead atoms. The van der Waals surface area contributed by atoms with Crippen LogP contribution >= 0.6 is 0 Å². The van der Waals surface area contributed by atoms with Gasteiger partial charge in [0, 0.05) is 24.3 Å². The molecule has 0 radical (unpaired) electrons. The number of hydrogen-bond acceptors (Lipinski definition) is 3. The van der Waals surface area contributed by atoms with Gasteiger partial charge in [-0.3, -0.25) is 4.98 Å². The first-order chi connectivity index (χ1) is 6.75. The van der Waals surface area contributed by atoms with Crippen LogP contribution in [0.4, 0.5) is 0 Å². The second kappa shape index (κ2) is 4.07. The van der Waals surface area contributed by atoms with Gasteiger partial charge in [0.05, 0.1) is 5.69 Å². The second-order valence-electron chi connectivity index (χ2n) is 4.07. The highest BCUT2D eigenvalue weighted by Gasteiger charge is 2.26. The number of nitrogens with two attached hydrogens (primary N) is 1. The first kappa shape index (κ1) is 9.62. The smallest absolute Gasteiger partial charge is 0.0570 e. The molecule has 1 heterocycles. The van der Waals surface area contributed by atoms with E-state index < -0.39 is 0 Å². The largest absolute Gasteiger partial charge is 0.328 e. The lowest BCUT2D eigenvalue weighted by atomic mass is 9.87. The minimum absolute atomic E-state index is 0.327. The molecular weight excluding hydrogens is 174 g/mol. The second-order valence-corrected chi connectivity index (χ2v) is 4.07. The Morgan fingerprint density at radius 3 is 2.86 bits per heavy atom. The zero-order chi connectivity index (χ0) is 9.97. The van der Waals surface area contributed by atoms with E-state index in [4.69, 9.17) is 5.73 Å². The van der Waals surface area contributed by atoms with E-state index in [9.17, 15) is 0 Å². The molecule has 0 unspecified atom stereocenters. The summed E-state index contributed by atoms with van der Waals surface area (Å²) < 4.78 is 0. The summed E-state index contributed by atoms with van der Waals surface area (Å²) in [6.07, 6.45) is 4.02. The third kappa shape index (κ3) is 2.11. The van der Waals surface area contributed by atoms with Crippen molar-refractivity contribution in [2.75, 3.05) is 0 Å². The van der Waals surface area contributed by atoms with Crippen LogP contribution in [-0.4, -0.2) is 17.1 Å². The molecule has 0 saturated heterocycles. The molecule has 1 aromatic rings. The summed E-state index contributed by atoms with van der Waals surface area (Å²) in [5, 5.41) is 3.52. The molecule has 1 fully saturated rings. The van der Waals surface area contributed by atoms with Crippen LogP contribution in [0.1, 0.15) is 31.5 Å². The molecule has 3 heteroatoms. The number of nitrogens with zero attached hydrogens (tertiary/aromatic N) is 1. The summed E-state index contributed by atoms with van der Waals surface area (Å²) >= 11 is 0. The Morgan fingerprint density at radius 2 is 2.29 bits per heavy atom. The van der Waals surface area contributed by atoms with Gasteiger partial charge in [-0.15, -0.1) is 0 Å². The third-order valence-corrected chi connectivity index (χ3v) is 2.79. The Morgan fingerprint density at radius 1 is 1.50 bits per heavy atom. The molecule has 2 rings (SSSR count). The van der Waals surface area contributed by atoms with Crippen LogP contribution < -0.4 is 11.1 Å². The molecule has 3 nitrogen and oxygen atoms in total. The maximum Gasteiger partial charge on any atom is 0.0570 e. The predicted molar refractivity (Wildman–Crippen MR) is 56.8 cm³/mol. The van der Waals surface area contributed by atoms with E-state index in [-0.39, 0.29) is 0 Å². The fourth-order valence-corrected chi connectivity index (χ4v) is 1.87. The quantitative estimate of drug-likeness (QED) is 0.755. The first-order valence-electron chi connectivity index (χ1n) is 5.18. The van der Waals surface area contributed by atoms with Crippen LogP contribution in [0.15, 0.2) is 24.4 Å². The fourth-order valence-electron chi connectivity index (χ4n) is 1.87. The normalized spacial score (nSPS) is 28.1. The van der Waals surface area contributed by atoms with E-state index in [2.05, 4.69) is 23.3 Å². The average Bonchev–Trinajstić information content (AvgIpc) is 2.17. The van der Waals surface area contributed by atoms with E-state index >= 15 is 0 Å². The zero-order valence-corrected chi connectivity index (χ0v) is 8.48. The molecule has 0 spiro atoms. The van der Waals surface area contributed by atoms with Crippen molar-refractivity contribution in [3.05, 3.63) is 30.1 Å². The lowest BCUT2D eigenvalue weighted by Crippen LogP contribution is -2.49. The Labute approximate surface area is 84.7 Å². The van der Waals surface area contributed by atoms with Crippen LogP contribution in [0.5, 0.6) is 0 Å². The fraction of sp³-hybridized carbons (Fsp3) is 0.545. The summed E-state index contributed by atoms with van der Waals surface area (Å²) in [7, 11) is 0. The van der Waals surface area contributed by atoms with Gasteiger partial charge >= 0.3 is 0 Å². The van der Waals surface area contributed by atoms with Crippen molar-refractivity contribution in [2.24, 2.45) is 5.73 Å². The number of pyridine rings is 1. The standard InChI is InChI=1S/C11H17N3/c1-8(11-4-2-3-5-13-11)14-10-6-9(12)7-10/h2-5,8-10,14H,6-7,12H2,1H3/t8-,9?,10?/m1/s1. The van der Waals surface area contributed by atoms with E-state index in [1.165, 1.54) is 0 Å². The van der Waals surface area contributed by atoms with Crippen molar-refractivity contribution in [1.82, 2.24) is 10.3 Å². The Balaban J connectivity index is 1.87. The van der Waals surface area contributed by atoms with Gasteiger partial charge < -0.3 is 11.1 Å². The highest BCUT2D eigenvalue weighted by molar-refractivity contribution is 5.08. The summed E-state index contributed by atoms with van der Waals surface area (Å²) in [5.74, 6) is 0. The molecule has 1 saturated carbocycles.